The van der Waals surface area contributed by atoms with Crippen LogP contribution in [-0.4, -0.2) is 35.3 Å². The van der Waals surface area contributed by atoms with Crippen LogP contribution in [0, 0.1) is 5.92 Å². The summed E-state index contributed by atoms with van der Waals surface area (Å²) < 4.78 is 5.93. The molecule has 112 valence electrons. The van der Waals surface area contributed by atoms with Gasteiger partial charge in [-0.1, -0.05) is 13.8 Å². The molecule has 0 bridgehead atoms. The topological polar surface area (TPSA) is 99.2 Å². The van der Waals surface area contributed by atoms with Crippen LogP contribution in [0.2, 0.25) is 0 Å². The molecular formula is C13H22N4O3. The SMILES string of the molecule is COC(=O)c1nn(C(C)C(=O)NCCC(C)C)cc1N. The van der Waals surface area contributed by atoms with Crippen LogP contribution in [0.4, 0.5) is 5.69 Å². The first-order chi connectivity index (χ1) is 9.36. The number of amides is 1. The van der Waals surface area contributed by atoms with Crippen LogP contribution in [0.3, 0.4) is 0 Å². The Kier molecular flexibility index (Phi) is 5.54. The number of hydrogen-bond donors (Lipinski definition) is 2. The van der Waals surface area contributed by atoms with E-state index < -0.39 is 12.0 Å². The molecule has 0 spiro atoms. The minimum Gasteiger partial charge on any atom is -0.464 e. The molecule has 1 rings (SSSR count). The number of ether oxygens (including phenoxy) is 1. The summed E-state index contributed by atoms with van der Waals surface area (Å²) in [7, 11) is 1.25. The lowest BCUT2D eigenvalue weighted by Crippen LogP contribution is -2.32. The zero-order valence-corrected chi connectivity index (χ0v) is 12.3. The highest BCUT2D eigenvalue weighted by Gasteiger charge is 2.21. The third kappa shape index (κ3) is 3.97. The molecular weight excluding hydrogens is 260 g/mol. The van der Waals surface area contributed by atoms with Gasteiger partial charge in [0.05, 0.1) is 12.8 Å². The normalized spacial score (nSPS) is 12.2. The van der Waals surface area contributed by atoms with Gasteiger partial charge in [0.15, 0.2) is 5.69 Å². The zero-order chi connectivity index (χ0) is 15.3. The smallest absolute Gasteiger partial charge is 0.360 e. The average Bonchev–Trinajstić information content (AvgIpc) is 2.78. The van der Waals surface area contributed by atoms with Gasteiger partial charge in [0.25, 0.3) is 0 Å². The highest BCUT2D eigenvalue weighted by Crippen LogP contribution is 2.14. The second kappa shape index (κ2) is 6.93. The van der Waals surface area contributed by atoms with Crippen LogP contribution in [0.25, 0.3) is 0 Å². The summed E-state index contributed by atoms with van der Waals surface area (Å²) in [4.78, 5) is 23.4. The van der Waals surface area contributed by atoms with E-state index in [1.165, 1.54) is 18.0 Å². The Balaban J connectivity index is 2.69. The van der Waals surface area contributed by atoms with Gasteiger partial charge in [0, 0.05) is 12.7 Å². The molecule has 0 aliphatic rings. The Morgan fingerprint density at radius 3 is 2.65 bits per heavy atom. The number of hydrogen-bond acceptors (Lipinski definition) is 5. The lowest BCUT2D eigenvalue weighted by atomic mass is 10.1. The number of esters is 1. The number of carbonyl (C=O) groups is 2. The maximum Gasteiger partial charge on any atom is 0.360 e. The van der Waals surface area contributed by atoms with Gasteiger partial charge in [-0.3, -0.25) is 9.48 Å². The number of nitrogen functional groups attached to an aromatic ring is 1. The van der Waals surface area contributed by atoms with Crippen molar-refractivity contribution in [3.63, 3.8) is 0 Å². The molecule has 3 N–H and O–H groups in total. The quantitative estimate of drug-likeness (QED) is 0.757. The molecule has 1 heterocycles. The van der Waals surface area contributed by atoms with E-state index in [4.69, 9.17) is 5.73 Å². The molecule has 0 aliphatic carbocycles. The fraction of sp³-hybridized carbons (Fsp3) is 0.615. The molecule has 0 aromatic carbocycles. The fourth-order valence-electron chi connectivity index (χ4n) is 1.61. The van der Waals surface area contributed by atoms with Crippen molar-refractivity contribution in [1.29, 1.82) is 0 Å². The first-order valence-corrected chi connectivity index (χ1v) is 6.57. The summed E-state index contributed by atoms with van der Waals surface area (Å²) in [6, 6.07) is -0.539. The van der Waals surface area contributed by atoms with Crippen molar-refractivity contribution in [3.05, 3.63) is 11.9 Å². The maximum atomic E-state index is 12.0. The van der Waals surface area contributed by atoms with Crippen LogP contribution >= 0.6 is 0 Å². The van der Waals surface area contributed by atoms with Crippen molar-refractivity contribution >= 4 is 17.6 Å². The predicted octanol–water partition coefficient (Wildman–Crippen LogP) is 0.975. The zero-order valence-electron chi connectivity index (χ0n) is 12.3. The minimum atomic E-state index is -0.617. The van der Waals surface area contributed by atoms with Crippen molar-refractivity contribution in [2.45, 2.75) is 33.2 Å². The van der Waals surface area contributed by atoms with Crippen LogP contribution in [0.5, 0.6) is 0 Å². The first kappa shape index (κ1) is 16.0. The molecule has 1 amide bonds. The van der Waals surface area contributed by atoms with Crippen LogP contribution in [0.15, 0.2) is 6.20 Å². The summed E-state index contributed by atoms with van der Waals surface area (Å²) in [5.41, 5.74) is 5.90. The van der Waals surface area contributed by atoms with Gasteiger partial charge >= 0.3 is 5.97 Å². The van der Waals surface area contributed by atoms with Gasteiger partial charge in [0.2, 0.25) is 5.91 Å². The largest absolute Gasteiger partial charge is 0.464 e. The van der Waals surface area contributed by atoms with E-state index >= 15 is 0 Å². The molecule has 0 aliphatic heterocycles. The van der Waals surface area contributed by atoms with E-state index in [2.05, 4.69) is 29.0 Å². The predicted molar refractivity (Wildman–Crippen MR) is 75.2 cm³/mol. The van der Waals surface area contributed by atoms with Gasteiger partial charge in [-0.25, -0.2) is 4.79 Å². The molecule has 20 heavy (non-hydrogen) atoms. The van der Waals surface area contributed by atoms with Crippen LogP contribution in [0.1, 0.15) is 43.7 Å². The molecule has 0 saturated heterocycles. The molecule has 1 unspecified atom stereocenters. The van der Waals surface area contributed by atoms with Gasteiger partial charge < -0.3 is 15.8 Å². The summed E-state index contributed by atoms with van der Waals surface area (Å²) in [6.45, 7) is 6.48. The van der Waals surface area contributed by atoms with E-state index in [1.807, 2.05) is 0 Å². The summed E-state index contributed by atoms with van der Waals surface area (Å²) in [6.07, 6.45) is 2.37. The summed E-state index contributed by atoms with van der Waals surface area (Å²) in [5.74, 6) is -0.255. The third-order valence-corrected chi connectivity index (χ3v) is 2.94. The molecule has 0 radical (unpaired) electrons. The highest BCUT2D eigenvalue weighted by atomic mass is 16.5. The van der Waals surface area contributed by atoms with E-state index in [1.54, 1.807) is 6.92 Å². The fourth-order valence-corrected chi connectivity index (χ4v) is 1.61. The Morgan fingerprint density at radius 2 is 2.10 bits per heavy atom. The second-order valence-electron chi connectivity index (χ2n) is 5.05. The van der Waals surface area contributed by atoms with Crippen molar-refractivity contribution < 1.29 is 14.3 Å². The molecule has 1 atom stereocenters. The number of nitrogens with zero attached hydrogens (tertiary/aromatic N) is 2. The lowest BCUT2D eigenvalue weighted by Gasteiger charge is -2.13. The first-order valence-electron chi connectivity index (χ1n) is 6.57. The minimum absolute atomic E-state index is 0.0225. The van der Waals surface area contributed by atoms with E-state index in [0.717, 1.165) is 6.42 Å². The number of anilines is 1. The number of nitrogens with one attached hydrogen (secondary N) is 1. The van der Waals surface area contributed by atoms with Gasteiger partial charge in [-0.05, 0) is 19.3 Å². The highest BCUT2D eigenvalue weighted by molar-refractivity contribution is 5.92. The molecule has 7 heteroatoms. The van der Waals surface area contributed by atoms with Crippen molar-refractivity contribution in [2.75, 3.05) is 19.4 Å². The van der Waals surface area contributed by atoms with Gasteiger partial charge in [0.1, 0.15) is 6.04 Å². The molecule has 0 fully saturated rings. The molecule has 1 aromatic heterocycles. The van der Waals surface area contributed by atoms with Crippen LogP contribution < -0.4 is 11.1 Å². The van der Waals surface area contributed by atoms with Crippen molar-refractivity contribution in [3.8, 4) is 0 Å². The molecule has 1 aromatic rings. The summed E-state index contributed by atoms with van der Waals surface area (Å²) in [5, 5.41) is 6.83. The number of methoxy groups -OCH3 is 1. The van der Waals surface area contributed by atoms with Crippen molar-refractivity contribution in [1.82, 2.24) is 15.1 Å². The van der Waals surface area contributed by atoms with Gasteiger partial charge in [-0.15, -0.1) is 0 Å². The third-order valence-electron chi connectivity index (χ3n) is 2.94. The lowest BCUT2D eigenvalue weighted by molar-refractivity contribution is -0.124. The summed E-state index contributed by atoms with van der Waals surface area (Å²) >= 11 is 0. The standard InChI is InChI=1S/C13H22N4O3/c1-8(2)5-6-15-12(18)9(3)17-7-10(14)11(16-17)13(19)20-4/h7-9H,5-6,14H2,1-4H3,(H,15,18). The monoisotopic (exact) mass is 282 g/mol. The Bertz CT molecular complexity index is 482. The Morgan fingerprint density at radius 1 is 1.45 bits per heavy atom. The molecule has 7 nitrogen and oxygen atoms in total. The second-order valence-corrected chi connectivity index (χ2v) is 5.05. The molecule has 0 saturated carbocycles. The number of aromatic nitrogens is 2. The van der Waals surface area contributed by atoms with E-state index in [-0.39, 0.29) is 17.3 Å². The van der Waals surface area contributed by atoms with Crippen molar-refractivity contribution in [2.24, 2.45) is 5.92 Å². The number of rotatable bonds is 6. The number of nitrogens with two attached hydrogens (primary N) is 1. The Labute approximate surface area is 118 Å². The van der Waals surface area contributed by atoms with E-state index in [9.17, 15) is 9.59 Å². The van der Waals surface area contributed by atoms with Gasteiger partial charge in [-0.2, -0.15) is 5.10 Å². The maximum absolute atomic E-state index is 12.0. The average molecular weight is 282 g/mol. The Hall–Kier alpha value is -2.05. The van der Waals surface area contributed by atoms with E-state index in [0.29, 0.717) is 12.5 Å². The van der Waals surface area contributed by atoms with Crippen LogP contribution in [-0.2, 0) is 9.53 Å². The number of carbonyl (C=O) groups excluding carboxylic acids is 2.